The van der Waals surface area contributed by atoms with Gasteiger partial charge in [-0.1, -0.05) is 12.1 Å². The average Bonchev–Trinajstić information content (AvgIpc) is 2.86. The number of morpholine rings is 1. The Labute approximate surface area is 151 Å². The topological polar surface area (TPSA) is 44.8 Å². The molecule has 0 bridgehead atoms. The number of carbonyl (C=O) groups excluding carboxylic acids is 1. The summed E-state index contributed by atoms with van der Waals surface area (Å²) in [6.07, 6.45) is -4.31. The number of hydrogen-bond donors (Lipinski definition) is 1. The highest BCUT2D eigenvalue weighted by Crippen LogP contribution is 2.32. The van der Waals surface area contributed by atoms with E-state index in [0.717, 1.165) is 11.1 Å². The van der Waals surface area contributed by atoms with Crippen molar-refractivity contribution < 1.29 is 22.7 Å². The average molecular weight is 371 g/mol. The Balaban J connectivity index is 1.71. The van der Waals surface area contributed by atoms with Gasteiger partial charge < -0.3 is 15.0 Å². The van der Waals surface area contributed by atoms with Crippen molar-refractivity contribution in [3.05, 3.63) is 29.3 Å². The van der Waals surface area contributed by atoms with E-state index < -0.39 is 18.3 Å². The molecule has 2 aliphatic rings. The zero-order valence-corrected chi connectivity index (χ0v) is 15.2. The number of ether oxygens (including phenoxy) is 1. The van der Waals surface area contributed by atoms with Crippen LogP contribution in [0.25, 0.3) is 0 Å². The normalized spacial score (nSPS) is 23.0. The molecular weight excluding hydrogens is 347 g/mol. The minimum atomic E-state index is -4.24. The number of fused-ring (bicyclic) bond motifs is 1. The molecule has 2 aliphatic heterocycles. The number of rotatable bonds is 2. The fourth-order valence-electron chi connectivity index (χ4n) is 3.78. The van der Waals surface area contributed by atoms with Crippen LogP contribution in [0.3, 0.4) is 0 Å². The van der Waals surface area contributed by atoms with E-state index in [0.29, 0.717) is 18.8 Å². The highest BCUT2D eigenvalue weighted by molar-refractivity contribution is 5.90. The Morgan fingerprint density at radius 1 is 1.35 bits per heavy atom. The molecule has 1 unspecified atom stereocenters. The van der Waals surface area contributed by atoms with Crippen LogP contribution in [-0.4, -0.2) is 53.3 Å². The van der Waals surface area contributed by atoms with Gasteiger partial charge in [-0.15, -0.1) is 0 Å². The molecule has 0 radical (unpaired) electrons. The maximum Gasteiger partial charge on any atom is 0.401 e. The molecule has 1 aromatic carbocycles. The monoisotopic (exact) mass is 371 g/mol. The molecule has 5 nitrogen and oxygen atoms in total. The number of carbonyl (C=O) groups is 1. The number of hydrogen-bond acceptors (Lipinski definition) is 3. The molecule has 1 aromatic rings. The molecule has 1 N–H and O–H groups in total. The number of amides is 2. The third kappa shape index (κ3) is 4.48. The van der Waals surface area contributed by atoms with Crippen LogP contribution in [0, 0.1) is 0 Å². The maximum atomic E-state index is 12.7. The summed E-state index contributed by atoms with van der Waals surface area (Å²) in [6, 6.07) is 5.05. The predicted octanol–water partition coefficient (Wildman–Crippen LogP) is 3.60. The van der Waals surface area contributed by atoms with Crippen molar-refractivity contribution in [2.75, 3.05) is 25.0 Å². The molecule has 8 heteroatoms. The van der Waals surface area contributed by atoms with Gasteiger partial charge >= 0.3 is 12.2 Å². The second-order valence-electron chi connectivity index (χ2n) is 7.70. The third-order valence-corrected chi connectivity index (χ3v) is 4.55. The first-order valence-corrected chi connectivity index (χ1v) is 8.66. The van der Waals surface area contributed by atoms with Crippen LogP contribution in [0.1, 0.15) is 31.9 Å². The number of nitrogens with zero attached hydrogens (tertiary/aromatic N) is 2. The molecule has 1 fully saturated rings. The molecule has 0 spiro atoms. The quantitative estimate of drug-likeness (QED) is 0.864. The van der Waals surface area contributed by atoms with Crippen molar-refractivity contribution in [2.24, 2.45) is 0 Å². The molecule has 0 saturated carbocycles. The van der Waals surface area contributed by atoms with Gasteiger partial charge in [0.2, 0.25) is 0 Å². The number of anilines is 1. The lowest BCUT2D eigenvalue weighted by Crippen LogP contribution is -2.54. The van der Waals surface area contributed by atoms with Gasteiger partial charge in [-0.2, -0.15) is 13.2 Å². The zero-order valence-electron chi connectivity index (χ0n) is 15.2. The predicted molar refractivity (Wildman–Crippen MR) is 91.8 cm³/mol. The summed E-state index contributed by atoms with van der Waals surface area (Å²) in [6.45, 7) is 6.16. The summed E-state index contributed by atoms with van der Waals surface area (Å²) in [7, 11) is 0. The van der Waals surface area contributed by atoms with Gasteiger partial charge in [0.1, 0.15) is 0 Å². The first-order valence-electron chi connectivity index (χ1n) is 8.66. The van der Waals surface area contributed by atoms with E-state index in [1.807, 2.05) is 20.8 Å². The summed E-state index contributed by atoms with van der Waals surface area (Å²) in [5.41, 5.74) is 1.72. The molecule has 0 aromatic heterocycles. The van der Waals surface area contributed by atoms with E-state index in [1.54, 1.807) is 23.1 Å². The number of nitrogens with one attached hydrogen (secondary N) is 1. The Morgan fingerprint density at radius 2 is 2.08 bits per heavy atom. The number of urea groups is 1. The van der Waals surface area contributed by atoms with Gasteiger partial charge in [0, 0.05) is 25.3 Å². The van der Waals surface area contributed by atoms with Crippen LogP contribution in [0.4, 0.5) is 23.7 Å². The number of halogens is 3. The molecule has 2 heterocycles. The molecule has 0 aliphatic carbocycles. The molecule has 3 rings (SSSR count). The van der Waals surface area contributed by atoms with Crippen LogP contribution < -0.4 is 5.32 Å². The van der Waals surface area contributed by atoms with E-state index in [1.165, 1.54) is 4.90 Å². The molecule has 144 valence electrons. The van der Waals surface area contributed by atoms with Crippen LogP contribution in [-0.2, 0) is 17.8 Å². The second kappa shape index (κ2) is 6.74. The molecule has 26 heavy (non-hydrogen) atoms. The minimum Gasteiger partial charge on any atom is -0.369 e. The van der Waals surface area contributed by atoms with E-state index in [2.05, 4.69) is 5.32 Å². The van der Waals surface area contributed by atoms with Gasteiger partial charge in [0.25, 0.3) is 0 Å². The van der Waals surface area contributed by atoms with E-state index in [-0.39, 0.29) is 25.2 Å². The molecule has 2 amide bonds. The SMILES string of the molecule is CC1CN(C(=O)Nc2cccc3c2CN(CC(F)(F)F)C3)CC(C)(C)O1. The van der Waals surface area contributed by atoms with Crippen molar-refractivity contribution in [1.29, 1.82) is 0 Å². The largest absolute Gasteiger partial charge is 0.401 e. The van der Waals surface area contributed by atoms with Crippen LogP contribution in [0.15, 0.2) is 18.2 Å². The standard InChI is InChI=1S/C18H24F3N3O2/c1-12-7-24(10-17(2,3)26-12)16(25)22-15-6-4-5-13-8-23(9-14(13)15)11-18(19,20)21/h4-6,12H,7-11H2,1-3H3,(H,22,25). The summed E-state index contributed by atoms with van der Waals surface area (Å²) in [4.78, 5) is 15.7. The first kappa shape index (κ1) is 19.0. The molecule has 1 saturated heterocycles. The lowest BCUT2D eigenvalue weighted by molar-refractivity contribution is -0.146. The Kier molecular flexibility index (Phi) is 4.92. The van der Waals surface area contributed by atoms with Gasteiger partial charge in [-0.25, -0.2) is 4.79 Å². The third-order valence-electron chi connectivity index (χ3n) is 4.55. The summed E-state index contributed by atoms with van der Waals surface area (Å²) in [5, 5.41) is 2.88. The Morgan fingerprint density at radius 3 is 2.73 bits per heavy atom. The lowest BCUT2D eigenvalue weighted by atomic mass is 10.1. The first-order chi connectivity index (χ1) is 12.0. The van der Waals surface area contributed by atoms with Crippen molar-refractivity contribution in [3.8, 4) is 0 Å². The van der Waals surface area contributed by atoms with Crippen molar-refractivity contribution >= 4 is 11.7 Å². The molecule has 1 atom stereocenters. The van der Waals surface area contributed by atoms with Crippen LogP contribution >= 0.6 is 0 Å². The summed E-state index contributed by atoms with van der Waals surface area (Å²) >= 11 is 0. The number of benzene rings is 1. The van der Waals surface area contributed by atoms with Gasteiger partial charge in [0.15, 0.2) is 0 Å². The Hall–Kier alpha value is -1.80. The second-order valence-corrected chi connectivity index (χ2v) is 7.70. The molecular formula is C18H24F3N3O2. The Bertz CT molecular complexity index is 691. The fourth-order valence-corrected chi connectivity index (χ4v) is 3.78. The lowest BCUT2D eigenvalue weighted by Gasteiger charge is -2.41. The van der Waals surface area contributed by atoms with Crippen molar-refractivity contribution in [1.82, 2.24) is 9.80 Å². The van der Waals surface area contributed by atoms with E-state index in [9.17, 15) is 18.0 Å². The van der Waals surface area contributed by atoms with Gasteiger partial charge in [-0.3, -0.25) is 4.90 Å². The van der Waals surface area contributed by atoms with E-state index >= 15 is 0 Å². The van der Waals surface area contributed by atoms with Crippen LogP contribution in [0.2, 0.25) is 0 Å². The highest BCUT2D eigenvalue weighted by Gasteiger charge is 2.36. The van der Waals surface area contributed by atoms with Crippen molar-refractivity contribution in [2.45, 2.75) is 51.7 Å². The highest BCUT2D eigenvalue weighted by atomic mass is 19.4. The number of alkyl halides is 3. The maximum absolute atomic E-state index is 12.7. The van der Waals surface area contributed by atoms with Gasteiger partial charge in [0.05, 0.1) is 24.8 Å². The minimum absolute atomic E-state index is 0.0757. The van der Waals surface area contributed by atoms with Crippen molar-refractivity contribution in [3.63, 3.8) is 0 Å². The van der Waals surface area contributed by atoms with Gasteiger partial charge in [-0.05, 0) is 38.0 Å². The zero-order chi connectivity index (χ0) is 19.1. The van der Waals surface area contributed by atoms with Crippen LogP contribution in [0.5, 0.6) is 0 Å². The fraction of sp³-hybridized carbons (Fsp3) is 0.611. The smallest absolute Gasteiger partial charge is 0.369 e. The summed E-state index contributed by atoms with van der Waals surface area (Å²) in [5.74, 6) is 0. The summed E-state index contributed by atoms with van der Waals surface area (Å²) < 4.78 is 43.8. The van der Waals surface area contributed by atoms with E-state index in [4.69, 9.17) is 4.74 Å².